The maximum Gasteiger partial charge on any atom is 0.450 e. The molecule has 2 rings (SSSR count). The lowest BCUT2D eigenvalue weighted by atomic mass is 9.90. The summed E-state index contributed by atoms with van der Waals surface area (Å²) in [6, 6.07) is 9.12. The van der Waals surface area contributed by atoms with Gasteiger partial charge in [0.2, 0.25) is 5.78 Å². The van der Waals surface area contributed by atoms with Crippen LogP contribution in [-0.4, -0.2) is 41.8 Å². The van der Waals surface area contributed by atoms with E-state index in [4.69, 9.17) is 4.74 Å². The molecule has 0 atom stereocenters. The van der Waals surface area contributed by atoms with Crippen molar-refractivity contribution in [2.24, 2.45) is 5.92 Å². The lowest BCUT2D eigenvalue weighted by Gasteiger charge is -2.30. The van der Waals surface area contributed by atoms with E-state index in [-0.39, 0.29) is 32.5 Å². The first-order chi connectivity index (χ1) is 11.8. The van der Waals surface area contributed by atoms with E-state index in [0.29, 0.717) is 0 Å². The number of nitrogens with zero attached hydrogens (tertiary/aromatic N) is 1. The average Bonchev–Trinajstić information content (AvgIpc) is 2.59. The molecule has 5 nitrogen and oxygen atoms in total. The highest BCUT2D eigenvalue weighted by Gasteiger charge is 2.40. The van der Waals surface area contributed by atoms with Gasteiger partial charge in [-0.05, 0) is 18.4 Å². The summed E-state index contributed by atoms with van der Waals surface area (Å²) >= 11 is 0. The zero-order valence-corrected chi connectivity index (χ0v) is 13.4. The minimum Gasteiger partial charge on any atom is -0.445 e. The van der Waals surface area contributed by atoms with Crippen molar-refractivity contribution in [3.63, 3.8) is 0 Å². The molecular weight excluding hydrogens is 339 g/mol. The van der Waals surface area contributed by atoms with Crippen LogP contribution in [0, 0.1) is 5.92 Å². The molecule has 0 spiro atoms. The number of amides is 1. The molecule has 0 unspecified atom stereocenters. The Labute approximate surface area is 142 Å². The maximum absolute atomic E-state index is 12.2. The standard InChI is InChI=1S/C17H18F3NO4/c18-17(19,20)15(23)10-14(22)13-6-8-21(9-7-13)16(24)25-11-12-4-2-1-3-5-12/h1-5,13H,6-11H2. The average molecular weight is 357 g/mol. The van der Waals surface area contributed by atoms with Crippen molar-refractivity contribution in [3.05, 3.63) is 35.9 Å². The van der Waals surface area contributed by atoms with Crippen molar-refractivity contribution in [1.82, 2.24) is 4.90 Å². The van der Waals surface area contributed by atoms with Gasteiger partial charge in [0.1, 0.15) is 12.4 Å². The van der Waals surface area contributed by atoms with E-state index in [1.165, 1.54) is 4.90 Å². The van der Waals surface area contributed by atoms with E-state index >= 15 is 0 Å². The fourth-order valence-corrected chi connectivity index (χ4v) is 2.60. The van der Waals surface area contributed by atoms with Crippen LogP contribution in [0.1, 0.15) is 24.8 Å². The molecule has 8 heteroatoms. The van der Waals surface area contributed by atoms with Crippen LogP contribution < -0.4 is 0 Å². The van der Waals surface area contributed by atoms with Gasteiger partial charge in [-0.25, -0.2) is 4.79 Å². The summed E-state index contributed by atoms with van der Waals surface area (Å²) in [5.74, 6) is -3.38. The lowest BCUT2D eigenvalue weighted by Crippen LogP contribution is -2.41. The summed E-state index contributed by atoms with van der Waals surface area (Å²) in [7, 11) is 0. The predicted molar refractivity (Wildman–Crippen MR) is 81.6 cm³/mol. The van der Waals surface area contributed by atoms with Gasteiger partial charge in [-0.2, -0.15) is 13.2 Å². The summed E-state index contributed by atoms with van der Waals surface area (Å²) in [6.45, 7) is 0.549. The Morgan fingerprint density at radius 1 is 1.08 bits per heavy atom. The van der Waals surface area contributed by atoms with E-state index < -0.39 is 36.2 Å². The molecule has 0 N–H and O–H groups in total. The molecular formula is C17H18F3NO4. The molecule has 1 heterocycles. The minimum atomic E-state index is -4.99. The third kappa shape index (κ3) is 5.58. The van der Waals surface area contributed by atoms with Crippen molar-refractivity contribution in [1.29, 1.82) is 0 Å². The van der Waals surface area contributed by atoms with Crippen LogP contribution in [0.2, 0.25) is 0 Å². The van der Waals surface area contributed by atoms with E-state index in [1.807, 2.05) is 30.3 Å². The normalized spacial score (nSPS) is 15.7. The van der Waals surface area contributed by atoms with Crippen LogP contribution in [-0.2, 0) is 20.9 Å². The zero-order valence-electron chi connectivity index (χ0n) is 13.4. The first-order valence-corrected chi connectivity index (χ1v) is 7.85. The molecule has 0 saturated carbocycles. The van der Waals surface area contributed by atoms with Gasteiger partial charge in [0.05, 0.1) is 6.42 Å². The van der Waals surface area contributed by atoms with Crippen LogP contribution in [0.3, 0.4) is 0 Å². The Morgan fingerprint density at radius 3 is 2.24 bits per heavy atom. The van der Waals surface area contributed by atoms with Gasteiger partial charge in [0.25, 0.3) is 0 Å². The summed E-state index contributed by atoms with van der Waals surface area (Å²) in [4.78, 5) is 36.1. The third-order valence-corrected chi connectivity index (χ3v) is 4.06. The number of carbonyl (C=O) groups is 3. The van der Waals surface area contributed by atoms with Crippen LogP contribution in [0.5, 0.6) is 0 Å². The summed E-state index contributed by atoms with van der Waals surface area (Å²) < 4.78 is 41.8. The lowest BCUT2D eigenvalue weighted by molar-refractivity contribution is -0.172. The van der Waals surface area contributed by atoms with Gasteiger partial charge in [-0.1, -0.05) is 30.3 Å². The molecule has 1 amide bonds. The molecule has 0 bridgehead atoms. The molecule has 1 aliphatic rings. The molecule has 1 aliphatic heterocycles. The number of Topliss-reactive ketones (excluding diaryl/α,β-unsaturated/α-hetero) is 2. The number of benzene rings is 1. The number of alkyl halides is 3. The largest absolute Gasteiger partial charge is 0.450 e. The molecule has 25 heavy (non-hydrogen) atoms. The molecule has 0 aromatic heterocycles. The molecule has 0 radical (unpaired) electrons. The van der Waals surface area contributed by atoms with Crippen LogP contribution in [0.4, 0.5) is 18.0 Å². The molecule has 1 saturated heterocycles. The first-order valence-electron chi connectivity index (χ1n) is 7.85. The Morgan fingerprint density at radius 2 is 1.68 bits per heavy atom. The second kappa shape index (κ2) is 8.13. The minimum absolute atomic E-state index is 0.124. The molecule has 1 aromatic rings. The number of likely N-dealkylation sites (tertiary alicyclic amines) is 1. The fourth-order valence-electron chi connectivity index (χ4n) is 2.60. The number of rotatable bonds is 5. The van der Waals surface area contributed by atoms with Gasteiger partial charge in [-0.15, -0.1) is 0 Å². The smallest absolute Gasteiger partial charge is 0.445 e. The third-order valence-electron chi connectivity index (χ3n) is 4.06. The van der Waals surface area contributed by atoms with E-state index in [2.05, 4.69) is 0 Å². The van der Waals surface area contributed by atoms with Crippen molar-refractivity contribution in [3.8, 4) is 0 Å². The van der Waals surface area contributed by atoms with Gasteiger partial charge in [0.15, 0.2) is 0 Å². The van der Waals surface area contributed by atoms with Crippen LogP contribution >= 0.6 is 0 Å². The Bertz CT molecular complexity index is 623. The SMILES string of the molecule is O=C(CC(=O)C(F)(F)F)C1CCN(C(=O)OCc2ccccc2)CC1. The van der Waals surface area contributed by atoms with Gasteiger partial charge >= 0.3 is 12.3 Å². The number of carbonyl (C=O) groups excluding carboxylic acids is 3. The highest BCUT2D eigenvalue weighted by molar-refractivity contribution is 6.02. The number of halogens is 3. The Balaban J connectivity index is 1.76. The molecule has 1 aromatic carbocycles. The van der Waals surface area contributed by atoms with E-state index in [1.54, 1.807) is 0 Å². The highest BCUT2D eigenvalue weighted by atomic mass is 19.4. The number of ketones is 2. The number of piperidine rings is 1. The quantitative estimate of drug-likeness (QED) is 0.760. The summed E-state index contributed by atoms with van der Waals surface area (Å²) in [5.41, 5.74) is 0.839. The Kier molecular flexibility index (Phi) is 6.17. The van der Waals surface area contributed by atoms with Crippen LogP contribution in [0.25, 0.3) is 0 Å². The van der Waals surface area contributed by atoms with E-state index in [0.717, 1.165) is 5.56 Å². The van der Waals surface area contributed by atoms with Crippen molar-refractivity contribution >= 4 is 17.7 Å². The van der Waals surface area contributed by atoms with Crippen molar-refractivity contribution in [2.45, 2.75) is 32.0 Å². The van der Waals surface area contributed by atoms with Gasteiger partial charge in [-0.3, -0.25) is 9.59 Å². The van der Waals surface area contributed by atoms with Crippen molar-refractivity contribution < 1.29 is 32.3 Å². The molecule has 0 aliphatic carbocycles. The summed E-state index contributed by atoms with van der Waals surface area (Å²) in [5, 5.41) is 0. The Hall–Kier alpha value is -2.38. The summed E-state index contributed by atoms with van der Waals surface area (Å²) in [6.07, 6.45) is -6.19. The number of hydrogen-bond donors (Lipinski definition) is 0. The van der Waals surface area contributed by atoms with Gasteiger partial charge < -0.3 is 9.64 Å². The van der Waals surface area contributed by atoms with Gasteiger partial charge in [0, 0.05) is 19.0 Å². The second-order valence-corrected chi connectivity index (χ2v) is 5.87. The predicted octanol–water partition coefficient (Wildman–Crippen LogP) is 3.13. The fraction of sp³-hybridized carbons (Fsp3) is 0.471. The second-order valence-electron chi connectivity index (χ2n) is 5.87. The molecule has 1 fully saturated rings. The van der Waals surface area contributed by atoms with Crippen molar-refractivity contribution in [2.75, 3.05) is 13.1 Å². The zero-order chi connectivity index (χ0) is 18.4. The van der Waals surface area contributed by atoms with Crippen LogP contribution in [0.15, 0.2) is 30.3 Å². The number of hydrogen-bond acceptors (Lipinski definition) is 4. The number of ether oxygens (including phenoxy) is 1. The topological polar surface area (TPSA) is 63.7 Å². The monoisotopic (exact) mass is 357 g/mol. The highest BCUT2D eigenvalue weighted by Crippen LogP contribution is 2.24. The van der Waals surface area contributed by atoms with E-state index in [9.17, 15) is 27.6 Å². The maximum atomic E-state index is 12.2. The first kappa shape index (κ1) is 19.0. The molecule has 136 valence electrons.